The summed E-state index contributed by atoms with van der Waals surface area (Å²) in [5.41, 5.74) is 1.72. The fourth-order valence-electron chi connectivity index (χ4n) is 2.64. The molecule has 0 aliphatic heterocycles. The van der Waals surface area contributed by atoms with Gasteiger partial charge in [-0.3, -0.25) is 28.6 Å². The minimum Gasteiger partial charge on any atom is -0.481 e. The molecule has 0 saturated carbocycles. The predicted molar refractivity (Wildman–Crippen MR) is 104 cm³/mol. The molecule has 28 heavy (non-hydrogen) atoms. The Labute approximate surface area is 168 Å². The van der Waals surface area contributed by atoms with Crippen LogP contribution < -0.4 is 0 Å². The lowest BCUT2D eigenvalue weighted by Crippen LogP contribution is -2.27. The highest BCUT2D eigenvalue weighted by atomic mass is 31.1. The Morgan fingerprint density at radius 2 is 1.64 bits per heavy atom. The first-order valence-electron chi connectivity index (χ1n) is 9.09. The van der Waals surface area contributed by atoms with Crippen molar-refractivity contribution < 1.29 is 28.1 Å². The van der Waals surface area contributed by atoms with Gasteiger partial charge in [-0.05, 0) is 38.1 Å². The van der Waals surface area contributed by atoms with Gasteiger partial charge in [0.25, 0.3) is 0 Å². The third-order valence-corrected chi connectivity index (χ3v) is 4.48. The van der Waals surface area contributed by atoms with Crippen molar-refractivity contribution >= 4 is 23.3 Å². The number of carbonyl (C=O) groups is 1. The number of nitrogens with zero attached hydrogens (tertiary/aromatic N) is 3. The molecule has 0 bridgehead atoms. The Bertz CT molecular complexity index is 596. The Morgan fingerprint density at radius 1 is 1.04 bits per heavy atom. The molecular weight excluding hydrogens is 404 g/mol. The molecule has 1 aromatic rings. The van der Waals surface area contributed by atoms with E-state index in [1.807, 2.05) is 18.2 Å². The molecule has 1 N–H and O–H groups in total. The van der Waals surface area contributed by atoms with E-state index in [0.29, 0.717) is 19.5 Å². The van der Waals surface area contributed by atoms with E-state index in [-0.39, 0.29) is 19.9 Å². The zero-order valence-electron chi connectivity index (χ0n) is 16.0. The minimum atomic E-state index is -0.747. The summed E-state index contributed by atoms with van der Waals surface area (Å²) < 4.78 is 30.7. The summed E-state index contributed by atoms with van der Waals surface area (Å²) in [7, 11) is -0.865. The second-order valence-electron chi connectivity index (χ2n) is 6.19. The number of hydrogen-bond donors (Lipinski definition) is 1. The number of carboxylic acid groups (broad SMARTS) is 1. The van der Waals surface area contributed by atoms with Crippen molar-refractivity contribution in [3.63, 3.8) is 0 Å². The molecular formula is C17H27N3O6P2. The second kappa shape index (κ2) is 15.6. The molecule has 0 radical (unpaired) electrons. The maximum Gasteiger partial charge on any atom is 0.328 e. The van der Waals surface area contributed by atoms with Crippen LogP contribution in [0.15, 0.2) is 18.2 Å². The van der Waals surface area contributed by atoms with Gasteiger partial charge in [0.05, 0.1) is 11.4 Å². The van der Waals surface area contributed by atoms with Gasteiger partial charge in [0, 0.05) is 19.5 Å². The van der Waals surface area contributed by atoms with E-state index >= 15 is 0 Å². The van der Waals surface area contributed by atoms with Crippen LogP contribution in [0.2, 0.25) is 0 Å². The van der Waals surface area contributed by atoms with Crippen molar-refractivity contribution in [1.82, 2.24) is 14.8 Å². The molecule has 0 aromatic carbocycles. The Kier molecular flexibility index (Phi) is 13.7. The number of rotatable bonds is 17. The molecule has 0 atom stereocenters. The maximum atomic E-state index is 10.5. The molecule has 1 aromatic heterocycles. The predicted octanol–water partition coefficient (Wildman–Crippen LogP) is 3.71. The first kappa shape index (κ1) is 24.7. The summed E-state index contributed by atoms with van der Waals surface area (Å²) >= 11 is 0. The van der Waals surface area contributed by atoms with Gasteiger partial charge in [0.2, 0.25) is 0 Å². The first-order valence-corrected chi connectivity index (χ1v) is 10.6. The molecule has 9 nitrogen and oxygen atoms in total. The van der Waals surface area contributed by atoms with E-state index in [0.717, 1.165) is 37.3 Å². The van der Waals surface area contributed by atoms with Crippen LogP contribution in [0.25, 0.3) is 0 Å². The molecule has 1 rings (SSSR count). The van der Waals surface area contributed by atoms with Crippen LogP contribution in [0.5, 0.6) is 0 Å². The fraction of sp³-hybridized carbons (Fsp3) is 0.647. The van der Waals surface area contributed by atoms with Gasteiger partial charge in [-0.2, -0.15) is 0 Å². The maximum absolute atomic E-state index is 10.5. The summed E-state index contributed by atoms with van der Waals surface area (Å²) in [4.78, 5) is 19.1. The Hall–Kier alpha value is -1.34. The highest BCUT2D eigenvalue weighted by molar-refractivity contribution is 7.17. The van der Waals surface area contributed by atoms with E-state index in [9.17, 15) is 13.9 Å². The minimum absolute atomic E-state index is 0.0594. The number of hydrogen-bond acceptors (Lipinski definition) is 8. The summed E-state index contributed by atoms with van der Waals surface area (Å²) in [5.74, 6) is -0.747. The van der Waals surface area contributed by atoms with Crippen LogP contribution >= 0.6 is 17.4 Å². The third kappa shape index (κ3) is 11.5. The molecule has 11 heteroatoms. The standard InChI is InChI=1S/C17H27N3O6P2/c1-2-19(10-5-3-4-9-17(21)22)11-15-7-6-8-16(18-15)12-20(13-25-27-23)14-26-28-24/h6-8H,2-5,9-14H2,1H3,(H,21,22). The van der Waals surface area contributed by atoms with Crippen molar-refractivity contribution in [2.45, 2.75) is 45.7 Å². The fourth-order valence-corrected chi connectivity index (χ4v) is 3.06. The highest BCUT2D eigenvalue weighted by Crippen LogP contribution is 2.10. The average molecular weight is 431 g/mol. The van der Waals surface area contributed by atoms with Crippen LogP contribution in [-0.2, 0) is 36.1 Å². The normalized spacial score (nSPS) is 11.7. The van der Waals surface area contributed by atoms with E-state index in [4.69, 9.17) is 14.2 Å². The van der Waals surface area contributed by atoms with Gasteiger partial charge in [0.1, 0.15) is 13.5 Å². The van der Waals surface area contributed by atoms with Crippen molar-refractivity contribution in [2.75, 3.05) is 26.6 Å². The highest BCUT2D eigenvalue weighted by Gasteiger charge is 2.10. The van der Waals surface area contributed by atoms with E-state index < -0.39 is 23.3 Å². The van der Waals surface area contributed by atoms with Gasteiger partial charge < -0.3 is 5.11 Å². The van der Waals surface area contributed by atoms with Gasteiger partial charge in [-0.15, -0.1) is 0 Å². The van der Waals surface area contributed by atoms with Gasteiger partial charge in [-0.1, -0.05) is 19.4 Å². The number of unbranched alkanes of at least 4 members (excludes halogenated alkanes) is 2. The van der Waals surface area contributed by atoms with Crippen molar-refractivity contribution in [3.05, 3.63) is 29.6 Å². The zero-order chi connectivity index (χ0) is 20.6. The van der Waals surface area contributed by atoms with Crippen LogP contribution in [0.1, 0.15) is 44.0 Å². The largest absolute Gasteiger partial charge is 0.481 e. The number of aliphatic carboxylic acids is 1. The molecule has 0 spiro atoms. The lowest BCUT2D eigenvalue weighted by atomic mass is 10.2. The molecule has 0 amide bonds. The molecule has 1 heterocycles. The molecule has 0 aliphatic rings. The van der Waals surface area contributed by atoms with Crippen LogP contribution in [-0.4, -0.2) is 52.4 Å². The van der Waals surface area contributed by atoms with Gasteiger partial charge in [0.15, 0.2) is 0 Å². The summed E-state index contributed by atoms with van der Waals surface area (Å²) in [6, 6.07) is 5.76. The molecule has 0 unspecified atom stereocenters. The molecule has 0 saturated heterocycles. The number of carboxylic acids is 1. The van der Waals surface area contributed by atoms with E-state index in [1.54, 1.807) is 4.90 Å². The number of aromatic nitrogens is 1. The number of pyridine rings is 1. The van der Waals surface area contributed by atoms with E-state index in [2.05, 4.69) is 16.8 Å². The Balaban J connectivity index is 2.55. The van der Waals surface area contributed by atoms with Crippen molar-refractivity contribution in [1.29, 1.82) is 0 Å². The third-order valence-electron chi connectivity index (χ3n) is 4.03. The summed E-state index contributed by atoms with van der Waals surface area (Å²) in [6.45, 7) is 5.08. The second-order valence-corrected chi connectivity index (χ2v) is 7.00. The van der Waals surface area contributed by atoms with Crippen LogP contribution in [0, 0.1) is 0 Å². The quantitative estimate of drug-likeness (QED) is 0.224. The molecule has 0 aliphatic carbocycles. The summed E-state index contributed by atoms with van der Waals surface area (Å²) in [5, 5.41) is 8.68. The Morgan fingerprint density at radius 3 is 2.18 bits per heavy atom. The summed E-state index contributed by atoms with van der Waals surface area (Å²) in [6.07, 6.45) is 2.76. The smallest absolute Gasteiger partial charge is 0.328 e. The van der Waals surface area contributed by atoms with Crippen LogP contribution in [0.3, 0.4) is 0 Å². The van der Waals surface area contributed by atoms with E-state index in [1.165, 1.54) is 0 Å². The first-order chi connectivity index (χ1) is 13.6. The van der Waals surface area contributed by atoms with Gasteiger partial charge >= 0.3 is 23.3 Å². The van der Waals surface area contributed by atoms with Crippen molar-refractivity contribution in [3.8, 4) is 0 Å². The van der Waals surface area contributed by atoms with Crippen LogP contribution in [0.4, 0.5) is 0 Å². The SMILES string of the molecule is CCN(CCCCCC(=O)O)Cc1cccc(CN(COP=O)COP=O)n1. The average Bonchev–Trinajstić information content (AvgIpc) is 2.68. The van der Waals surface area contributed by atoms with Crippen molar-refractivity contribution in [2.24, 2.45) is 0 Å². The topological polar surface area (TPSA) is 109 Å². The molecule has 156 valence electrons. The molecule has 0 fully saturated rings. The lowest BCUT2D eigenvalue weighted by molar-refractivity contribution is -0.137. The van der Waals surface area contributed by atoms with Gasteiger partial charge in [-0.25, -0.2) is 9.13 Å². The monoisotopic (exact) mass is 431 g/mol. The zero-order valence-corrected chi connectivity index (χ0v) is 17.8. The lowest BCUT2D eigenvalue weighted by Gasteiger charge is -2.21.